The lowest BCUT2D eigenvalue weighted by atomic mass is 9.72. The number of piperazine rings is 1. The van der Waals surface area contributed by atoms with E-state index in [1.165, 1.54) is 30.5 Å². The SMILES string of the molecule is CC1(C)CCC(CN2CCN(c3ccc(C(=O)NS(=O)(=O)c4ccc(NC[C@H]5CCOC5)c([N+](=O)[O-])c4)c(Oc4cnc5[nH]ccc5c4)c3)CC2)=C(c2ccc(C(F)(F)F)cc2Cl)C1. The molecule has 1 amide bonds. The maximum Gasteiger partial charge on any atom is 0.416 e. The van der Waals surface area contributed by atoms with Crippen LogP contribution in [0.4, 0.5) is 30.2 Å². The lowest BCUT2D eigenvalue weighted by Gasteiger charge is -2.39. The molecule has 1 aliphatic carbocycles. The summed E-state index contributed by atoms with van der Waals surface area (Å²) in [5, 5.41) is 15.9. The van der Waals surface area contributed by atoms with Gasteiger partial charge in [-0.25, -0.2) is 18.1 Å². The number of nitrogens with one attached hydrogen (secondary N) is 3. The first-order chi connectivity index (χ1) is 30.4. The number of fused-ring (bicyclic) bond motifs is 1. The van der Waals surface area contributed by atoms with Crippen molar-refractivity contribution >= 4 is 61.2 Å². The lowest BCUT2D eigenvalue weighted by Crippen LogP contribution is -2.47. The summed E-state index contributed by atoms with van der Waals surface area (Å²) in [6.45, 7) is 8.95. The Morgan fingerprint density at radius 2 is 1.88 bits per heavy atom. The van der Waals surface area contributed by atoms with Crippen molar-refractivity contribution < 1.29 is 40.8 Å². The van der Waals surface area contributed by atoms with Crippen molar-refractivity contribution in [1.29, 1.82) is 0 Å². The number of ether oxygens (including phenoxy) is 2. The third-order valence-corrected chi connectivity index (χ3v) is 13.7. The smallest absolute Gasteiger partial charge is 0.416 e. The van der Waals surface area contributed by atoms with Gasteiger partial charge in [-0.2, -0.15) is 13.2 Å². The molecular formula is C45H47ClF3N7O7S. The van der Waals surface area contributed by atoms with Gasteiger partial charge in [-0.05, 0) is 90.8 Å². The topological polar surface area (TPSA) is 172 Å². The van der Waals surface area contributed by atoms with Gasteiger partial charge in [-0.1, -0.05) is 37.1 Å². The van der Waals surface area contributed by atoms with Crippen molar-refractivity contribution in [2.45, 2.75) is 50.6 Å². The zero-order chi connectivity index (χ0) is 45.4. The van der Waals surface area contributed by atoms with Gasteiger partial charge < -0.3 is 24.7 Å². The van der Waals surface area contributed by atoms with E-state index in [-0.39, 0.29) is 33.4 Å². The third-order valence-electron chi connectivity index (χ3n) is 12.1. The number of hydrogen-bond donors (Lipinski definition) is 3. The summed E-state index contributed by atoms with van der Waals surface area (Å²) < 4.78 is 81.4. The van der Waals surface area contributed by atoms with Crippen LogP contribution in [0.5, 0.6) is 11.5 Å². The maximum atomic E-state index is 13.9. The van der Waals surface area contributed by atoms with Crippen LogP contribution in [0.1, 0.15) is 61.0 Å². The fourth-order valence-corrected chi connectivity index (χ4v) is 9.74. The number of nitrogens with zero attached hydrogens (tertiary/aromatic N) is 4. The van der Waals surface area contributed by atoms with E-state index in [9.17, 15) is 36.5 Å². The van der Waals surface area contributed by atoms with Crippen molar-refractivity contribution in [2.24, 2.45) is 11.3 Å². The second kappa shape index (κ2) is 18.1. The third kappa shape index (κ3) is 10.1. The van der Waals surface area contributed by atoms with Gasteiger partial charge in [-0.3, -0.25) is 19.8 Å². The minimum Gasteiger partial charge on any atom is -0.455 e. The first-order valence-corrected chi connectivity index (χ1v) is 22.8. The van der Waals surface area contributed by atoms with E-state index in [1.807, 2.05) is 0 Å². The molecule has 8 rings (SSSR count). The molecule has 1 atom stereocenters. The number of sulfonamides is 1. The normalized spacial score (nSPS) is 18.3. The van der Waals surface area contributed by atoms with Gasteiger partial charge in [0.2, 0.25) is 0 Å². The molecule has 3 N–H and O–H groups in total. The molecule has 64 heavy (non-hydrogen) atoms. The molecule has 0 spiro atoms. The number of nitro benzene ring substituents is 1. The molecular weight excluding hydrogens is 875 g/mol. The molecule has 0 bridgehead atoms. The Bertz CT molecular complexity index is 2730. The minimum atomic E-state index is -4.61. The average molecular weight is 922 g/mol. The van der Waals surface area contributed by atoms with Crippen molar-refractivity contribution in [1.82, 2.24) is 19.6 Å². The zero-order valence-electron chi connectivity index (χ0n) is 35.1. The second-order valence-electron chi connectivity index (χ2n) is 17.2. The molecule has 0 radical (unpaired) electrons. The molecule has 3 aromatic carbocycles. The standard InChI is InChI=1S/C45H47ClF3N7O7S/c1-44(2)12-9-30(37(23-44)35-6-3-31(20-38(35)46)45(47,48)49)26-54-14-16-55(17-15-54)32-4-7-36(41(21-32)63-33-19-29-10-13-50-42(29)52-25-33)43(57)53-64(60,61)34-5-8-39(40(22-34)56(58)59)51-24-28-11-18-62-27-28/h3-8,10,13,19-22,25,28,51H,9,11-12,14-18,23-24,26-27H2,1-2H3,(H,50,52)(H,53,57)/t28-/m1/s1. The molecule has 338 valence electrons. The van der Waals surface area contributed by atoms with E-state index in [0.29, 0.717) is 81.6 Å². The lowest BCUT2D eigenvalue weighted by molar-refractivity contribution is -0.384. The monoisotopic (exact) mass is 921 g/mol. The van der Waals surface area contributed by atoms with Gasteiger partial charge in [0.25, 0.3) is 21.6 Å². The van der Waals surface area contributed by atoms with Crippen LogP contribution in [0.2, 0.25) is 5.02 Å². The number of aromatic amines is 1. The number of rotatable bonds is 13. The predicted octanol–water partition coefficient (Wildman–Crippen LogP) is 9.29. The van der Waals surface area contributed by atoms with Crippen LogP contribution >= 0.6 is 11.6 Å². The van der Waals surface area contributed by atoms with Crippen molar-refractivity contribution in [3.63, 3.8) is 0 Å². The molecule has 5 aromatic rings. The highest BCUT2D eigenvalue weighted by atomic mass is 35.5. The van der Waals surface area contributed by atoms with Crippen LogP contribution in [-0.4, -0.2) is 86.6 Å². The molecule has 2 fully saturated rings. The van der Waals surface area contributed by atoms with Gasteiger partial charge in [0.1, 0.15) is 22.8 Å². The summed E-state index contributed by atoms with van der Waals surface area (Å²) in [5.41, 5.74) is 2.85. The maximum absolute atomic E-state index is 13.9. The Labute approximate surface area is 373 Å². The largest absolute Gasteiger partial charge is 0.455 e. The number of aromatic nitrogens is 2. The summed E-state index contributed by atoms with van der Waals surface area (Å²) in [5.74, 6) is -0.505. The van der Waals surface area contributed by atoms with Crippen molar-refractivity contribution in [3.05, 3.63) is 117 Å². The fourth-order valence-electron chi connectivity index (χ4n) is 8.46. The zero-order valence-corrected chi connectivity index (χ0v) is 36.7. The van der Waals surface area contributed by atoms with Crippen LogP contribution in [0.3, 0.4) is 0 Å². The predicted molar refractivity (Wildman–Crippen MR) is 237 cm³/mol. The Morgan fingerprint density at radius 3 is 2.59 bits per heavy atom. The number of allylic oxidation sites excluding steroid dienone is 1. The van der Waals surface area contributed by atoms with E-state index in [0.717, 1.165) is 54.0 Å². The number of carbonyl (C=O) groups is 1. The molecule has 0 saturated carbocycles. The first-order valence-electron chi connectivity index (χ1n) is 20.9. The Hall–Kier alpha value is -5.69. The fraction of sp³-hybridized carbons (Fsp3) is 0.378. The summed E-state index contributed by atoms with van der Waals surface area (Å²) >= 11 is 6.53. The number of alkyl halides is 3. The molecule has 14 nitrogen and oxygen atoms in total. The number of nitro groups is 1. The summed E-state index contributed by atoms with van der Waals surface area (Å²) in [4.78, 5) is 36.6. The van der Waals surface area contributed by atoms with Crippen LogP contribution in [-0.2, 0) is 20.9 Å². The van der Waals surface area contributed by atoms with E-state index < -0.39 is 43.2 Å². The molecule has 3 aliphatic rings. The van der Waals surface area contributed by atoms with Crippen LogP contribution in [0.15, 0.2) is 89.6 Å². The summed E-state index contributed by atoms with van der Waals surface area (Å²) in [6.07, 6.45) is 1.91. The average Bonchev–Trinajstić information content (AvgIpc) is 3.96. The number of halogens is 4. The van der Waals surface area contributed by atoms with E-state index in [4.69, 9.17) is 21.1 Å². The number of anilines is 2. The Morgan fingerprint density at radius 1 is 1.08 bits per heavy atom. The van der Waals surface area contributed by atoms with Gasteiger partial charge >= 0.3 is 6.18 Å². The van der Waals surface area contributed by atoms with E-state index in [2.05, 4.69) is 43.7 Å². The second-order valence-corrected chi connectivity index (χ2v) is 19.3. The van der Waals surface area contributed by atoms with E-state index >= 15 is 0 Å². The molecule has 2 aromatic heterocycles. The van der Waals surface area contributed by atoms with Crippen molar-refractivity contribution in [2.75, 3.05) is 62.7 Å². The van der Waals surface area contributed by atoms with Gasteiger partial charge in [0, 0.05) is 86.2 Å². The van der Waals surface area contributed by atoms with Gasteiger partial charge in [-0.15, -0.1) is 0 Å². The number of hydrogen-bond acceptors (Lipinski definition) is 11. The number of H-pyrrole nitrogens is 1. The molecule has 0 unspecified atom stereocenters. The van der Waals surface area contributed by atoms with Crippen LogP contribution in [0.25, 0.3) is 16.6 Å². The number of pyridine rings is 1. The molecule has 2 saturated heterocycles. The van der Waals surface area contributed by atoms with Gasteiger partial charge in [0.15, 0.2) is 0 Å². The summed E-state index contributed by atoms with van der Waals surface area (Å²) in [7, 11) is -4.61. The molecule has 2 aliphatic heterocycles. The number of amides is 1. The highest BCUT2D eigenvalue weighted by Crippen LogP contribution is 2.46. The number of carbonyl (C=O) groups excluding carboxylic acids is 1. The highest BCUT2D eigenvalue weighted by molar-refractivity contribution is 7.90. The van der Waals surface area contributed by atoms with Crippen LogP contribution < -0.4 is 19.7 Å². The van der Waals surface area contributed by atoms with Gasteiger partial charge in [0.05, 0.1) is 33.7 Å². The minimum absolute atomic E-state index is 0.0469. The number of benzene rings is 3. The summed E-state index contributed by atoms with van der Waals surface area (Å²) in [6, 6.07) is 15.4. The Kier molecular flexibility index (Phi) is 12.7. The Balaban J connectivity index is 1.01. The molecule has 4 heterocycles. The highest BCUT2D eigenvalue weighted by Gasteiger charge is 2.34. The quantitative estimate of drug-likeness (QED) is 0.0759. The molecule has 19 heteroatoms. The van der Waals surface area contributed by atoms with Crippen molar-refractivity contribution in [3.8, 4) is 11.5 Å². The van der Waals surface area contributed by atoms with Crippen LogP contribution in [0, 0.1) is 21.4 Å². The first kappa shape index (κ1) is 44.9. The van der Waals surface area contributed by atoms with E-state index in [1.54, 1.807) is 30.5 Å².